The highest BCUT2D eigenvalue weighted by molar-refractivity contribution is 5.85. The molecule has 0 atom stereocenters. The van der Waals surface area contributed by atoms with E-state index in [1.54, 1.807) is 0 Å². The summed E-state index contributed by atoms with van der Waals surface area (Å²) in [5.74, 6) is 0.215. The Kier molecular flexibility index (Phi) is 3.01. The molecule has 1 aliphatic heterocycles. The van der Waals surface area contributed by atoms with Crippen molar-refractivity contribution in [2.24, 2.45) is 15.7 Å². The van der Waals surface area contributed by atoms with E-state index in [1.807, 2.05) is 6.92 Å². The van der Waals surface area contributed by atoms with Crippen molar-refractivity contribution in [3.05, 3.63) is 28.8 Å². The zero-order chi connectivity index (χ0) is 11.5. The van der Waals surface area contributed by atoms with Crippen molar-refractivity contribution < 1.29 is 0 Å². The summed E-state index contributed by atoms with van der Waals surface area (Å²) >= 11 is 0. The van der Waals surface area contributed by atoms with Gasteiger partial charge in [0.25, 0.3) is 0 Å². The zero-order valence-electron chi connectivity index (χ0n) is 9.45. The number of hydrogen-bond acceptors (Lipinski definition) is 2. The number of benzene rings is 1. The maximum Gasteiger partial charge on any atom is 0.219 e. The van der Waals surface area contributed by atoms with E-state index in [-0.39, 0.29) is 5.96 Å². The third-order valence-corrected chi connectivity index (χ3v) is 2.80. The predicted octanol–water partition coefficient (Wildman–Crippen LogP) is 1.29. The first-order valence-corrected chi connectivity index (χ1v) is 5.34. The number of nitrogens with two attached hydrogens (primary N) is 1. The van der Waals surface area contributed by atoms with Crippen molar-refractivity contribution in [2.75, 3.05) is 6.54 Å². The standard InChI is InChI=1S/C12H16N4/c1-8-5-9-3-4-15-7-10(9)6-11(8)16-12(13)14-2/h5-6,15H,2-4,7H2,1H3,(H2,13,16). The average molecular weight is 216 g/mol. The SMILES string of the molecule is C=NC(N)=Nc1cc2c(cc1C)CCNC2. The Balaban J connectivity index is 2.43. The van der Waals surface area contributed by atoms with Gasteiger partial charge in [0.2, 0.25) is 5.96 Å². The summed E-state index contributed by atoms with van der Waals surface area (Å²) in [6.45, 7) is 7.34. The van der Waals surface area contributed by atoms with Gasteiger partial charge >= 0.3 is 0 Å². The summed E-state index contributed by atoms with van der Waals surface area (Å²) in [7, 11) is 0. The zero-order valence-corrected chi connectivity index (χ0v) is 9.45. The molecule has 16 heavy (non-hydrogen) atoms. The van der Waals surface area contributed by atoms with Crippen LogP contribution in [-0.2, 0) is 13.0 Å². The fourth-order valence-corrected chi connectivity index (χ4v) is 1.92. The highest BCUT2D eigenvalue weighted by Crippen LogP contribution is 2.25. The number of guanidine groups is 1. The van der Waals surface area contributed by atoms with E-state index in [0.29, 0.717) is 0 Å². The lowest BCUT2D eigenvalue weighted by atomic mass is 9.97. The van der Waals surface area contributed by atoms with Crippen LogP contribution in [0.3, 0.4) is 0 Å². The van der Waals surface area contributed by atoms with Crippen molar-refractivity contribution >= 4 is 18.4 Å². The molecule has 0 saturated heterocycles. The number of aryl methyl sites for hydroxylation is 1. The van der Waals surface area contributed by atoms with E-state index in [4.69, 9.17) is 5.73 Å². The van der Waals surface area contributed by atoms with Gasteiger partial charge in [0.1, 0.15) is 0 Å². The normalized spacial score (nSPS) is 15.7. The van der Waals surface area contributed by atoms with Crippen LogP contribution in [0.25, 0.3) is 0 Å². The number of hydrogen-bond donors (Lipinski definition) is 2. The molecule has 1 aliphatic rings. The van der Waals surface area contributed by atoms with Gasteiger partial charge in [-0.1, -0.05) is 6.07 Å². The quantitative estimate of drug-likeness (QED) is 0.549. The van der Waals surface area contributed by atoms with Crippen LogP contribution >= 0.6 is 0 Å². The smallest absolute Gasteiger partial charge is 0.219 e. The number of aliphatic imine (C=N–C) groups is 2. The minimum absolute atomic E-state index is 0.215. The molecule has 0 fully saturated rings. The number of nitrogens with zero attached hydrogens (tertiary/aromatic N) is 2. The molecule has 2 rings (SSSR count). The van der Waals surface area contributed by atoms with Gasteiger partial charge in [-0.25, -0.2) is 9.98 Å². The van der Waals surface area contributed by atoms with Gasteiger partial charge in [-0.3, -0.25) is 0 Å². The molecule has 0 aromatic heterocycles. The van der Waals surface area contributed by atoms with Gasteiger partial charge in [-0.2, -0.15) is 0 Å². The molecular weight excluding hydrogens is 200 g/mol. The minimum Gasteiger partial charge on any atom is -0.368 e. The van der Waals surface area contributed by atoms with Crippen LogP contribution in [0, 0.1) is 6.92 Å². The molecule has 0 radical (unpaired) electrons. The molecule has 0 amide bonds. The first kappa shape index (κ1) is 10.8. The van der Waals surface area contributed by atoms with E-state index < -0.39 is 0 Å². The van der Waals surface area contributed by atoms with E-state index in [2.05, 4.69) is 34.2 Å². The van der Waals surface area contributed by atoms with Crippen molar-refractivity contribution in [1.82, 2.24) is 5.32 Å². The Morgan fingerprint density at radius 1 is 1.44 bits per heavy atom. The third-order valence-electron chi connectivity index (χ3n) is 2.80. The highest BCUT2D eigenvalue weighted by Gasteiger charge is 2.10. The first-order valence-electron chi connectivity index (χ1n) is 5.34. The van der Waals surface area contributed by atoms with E-state index in [1.165, 1.54) is 11.1 Å². The molecule has 1 aromatic carbocycles. The molecule has 4 heteroatoms. The topological polar surface area (TPSA) is 62.8 Å². The van der Waals surface area contributed by atoms with Crippen LogP contribution < -0.4 is 11.1 Å². The van der Waals surface area contributed by atoms with Gasteiger partial charge in [-0.15, -0.1) is 0 Å². The van der Waals surface area contributed by atoms with Crippen molar-refractivity contribution in [3.8, 4) is 0 Å². The summed E-state index contributed by atoms with van der Waals surface area (Å²) < 4.78 is 0. The second kappa shape index (κ2) is 4.45. The second-order valence-electron chi connectivity index (χ2n) is 3.96. The molecule has 84 valence electrons. The lowest BCUT2D eigenvalue weighted by Crippen LogP contribution is -2.23. The van der Waals surface area contributed by atoms with Gasteiger partial charge in [0.15, 0.2) is 0 Å². The Morgan fingerprint density at radius 2 is 2.25 bits per heavy atom. The van der Waals surface area contributed by atoms with Crippen LogP contribution in [0.4, 0.5) is 5.69 Å². The fraction of sp³-hybridized carbons (Fsp3) is 0.333. The van der Waals surface area contributed by atoms with E-state index >= 15 is 0 Å². The lowest BCUT2D eigenvalue weighted by Gasteiger charge is -2.18. The molecule has 0 unspecified atom stereocenters. The third kappa shape index (κ3) is 2.12. The van der Waals surface area contributed by atoms with Gasteiger partial charge in [0.05, 0.1) is 5.69 Å². The molecule has 0 aliphatic carbocycles. The van der Waals surface area contributed by atoms with E-state index in [9.17, 15) is 0 Å². The van der Waals surface area contributed by atoms with Crippen LogP contribution in [0.2, 0.25) is 0 Å². The molecule has 0 bridgehead atoms. The van der Waals surface area contributed by atoms with Crippen molar-refractivity contribution in [3.63, 3.8) is 0 Å². The number of rotatable bonds is 1. The van der Waals surface area contributed by atoms with E-state index in [0.717, 1.165) is 30.8 Å². The Hall–Kier alpha value is -1.68. The largest absolute Gasteiger partial charge is 0.368 e. The fourth-order valence-electron chi connectivity index (χ4n) is 1.92. The lowest BCUT2D eigenvalue weighted by molar-refractivity contribution is 0.643. The Morgan fingerprint density at radius 3 is 3.00 bits per heavy atom. The first-order chi connectivity index (χ1) is 7.70. The molecule has 1 aromatic rings. The Bertz CT molecular complexity index is 449. The molecule has 0 spiro atoms. The van der Waals surface area contributed by atoms with Gasteiger partial charge in [0, 0.05) is 6.54 Å². The maximum absolute atomic E-state index is 5.56. The number of nitrogens with one attached hydrogen (secondary N) is 1. The van der Waals surface area contributed by atoms with Crippen LogP contribution in [0.5, 0.6) is 0 Å². The minimum atomic E-state index is 0.215. The molecule has 1 heterocycles. The molecule has 3 N–H and O–H groups in total. The van der Waals surface area contributed by atoms with Crippen LogP contribution in [0.1, 0.15) is 16.7 Å². The van der Waals surface area contributed by atoms with Gasteiger partial charge in [-0.05, 0) is 49.4 Å². The monoisotopic (exact) mass is 216 g/mol. The van der Waals surface area contributed by atoms with Crippen molar-refractivity contribution in [2.45, 2.75) is 19.9 Å². The maximum atomic E-state index is 5.56. The predicted molar refractivity (Wildman–Crippen MR) is 67.4 cm³/mol. The molecule has 0 saturated carbocycles. The highest BCUT2D eigenvalue weighted by atomic mass is 15.0. The summed E-state index contributed by atoms with van der Waals surface area (Å²) in [6.07, 6.45) is 1.08. The molecule has 4 nitrogen and oxygen atoms in total. The molecular formula is C12H16N4. The van der Waals surface area contributed by atoms with Crippen molar-refractivity contribution in [1.29, 1.82) is 0 Å². The second-order valence-corrected chi connectivity index (χ2v) is 3.96. The van der Waals surface area contributed by atoms with Crippen LogP contribution in [0.15, 0.2) is 22.1 Å². The Labute approximate surface area is 95.3 Å². The summed E-state index contributed by atoms with van der Waals surface area (Å²) in [4.78, 5) is 7.82. The average Bonchev–Trinajstić information content (AvgIpc) is 2.30. The summed E-state index contributed by atoms with van der Waals surface area (Å²) in [5.41, 5.74) is 10.3. The number of fused-ring (bicyclic) bond motifs is 1. The van der Waals surface area contributed by atoms with Crippen LogP contribution in [-0.4, -0.2) is 19.2 Å². The summed E-state index contributed by atoms with van der Waals surface area (Å²) in [5, 5.41) is 3.34. The van der Waals surface area contributed by atoms with Gasteiger partial charge < -0.3 is 11.1 Å². The summed E-state index contributed by atoms with van der Waals surface area (Å²) in [6, 6.07) is 4.26.